The summed E-state index contributed by atoms with van der Waals surface area (Å²) in [5.41, 5.74) is 1.05. The zero-order chi connectivity index (χ0) is 18.7. The van der Waals surface area contributed by atoms with Gasteiger partial charge in [-0.3, -0.25) is 19.0 Å². The molecule has 3 heterocycles. The number of amides is 1. The molecule has 3 aromatic heterocycles. The fraction of sp³-hybridized carbons (Fsp3) is 0.267. The number of hydrogen-bond acceptors (Lipinski definition) is 5. The van der Waals surface area contributed by atoms with E-state index in [2.05, 4.69) is 20.6 Å². The van der Waals surface area contributed by atoms with Gasteiger partial charge in [-0.2, -0.15) is 15.3 Å². The van der Waals surface area contributed by atoms with Crippen molar-refractivity contribution in [3.63, 3.8) is 0 Å². The van der Waals surface area contributed by atoms with E-state index in [1.807, 2.05) is 13.1 Å². The van der Waals surface area contributed by atoms with E-state index in [1.54, 1.807) is 21.8 Å². The number of hydrogen-bond donors (Lipinski definition) is 2. The first-order valence-electron chi connectivity index (χ1n) is 7.75. The van der Waals surface area contributed by atoms with Crippen LogP contribution >= 0.6 is 11.6 Å². The molecule has 0 aliphatic rings. The van der Waals surface area contributed by atoms with Crippen LogP contribution in [-0.4, -0.2) is 46.3 Å². The molecule has 0 saturated heterocycles. The van der Waals surface area contributed by atoms with Gasteiger partial charge in [-0.25, -0.2) is 4.68 Å². The minimum atomic E-state index is -1.10. The van der Waals surface area contributed by atoms with Crippen molar-refractivity contribution in [3.05, 3.63) is 47.1 Å². The molecule has 2 N–H and O–H groups in total. The number of nitrogens with one attached hydrogen (secondary N) is 1. The molecule has 26 heavy (non-hydrogen) atoms. The predicted octanol–water partition coefficient (Wildman–Crippen LogP) is 1.33. The Morgan fingerprint density at radius 2 is 2.08 bits per heavy atom. The Kier molecular flexibility index (Phi) is 5.03. The average molecular weight is 378 g/mol. The molecule has 136 valence electrons. The number of carboxylic acid groups (broad SMARTS) is 1. The van der Waals surface area contributed by atoms with E-state index in [-0.39, 0.29) is 16.5 Å². The Balaban J connectivity index is 1.72. The number of rotatable bonds is 7. The first-order chi connectivity index (χ1) is 12.5. The standard InChI is InChI=1S/C15H16ClN7O3/c1-2-21-6-10(5-18-21)7-22-8-11(16)14(20-22)19-15(26)12-3-4-17-23(12)9-13(24)25/h3-6,8H,2,7,9H2,1H3,(H,24,25)(H,19,20,26). The summed E-state index contributed by atoms with van der Waals surface area (Å²) in [7, 11) is 0. The first-order valence-corrected chi connectivity index (χ1v) is 8.13. The maximum atomic E-state index is 12.4. The zero-order valence-electron chi connectivity index (χ0n) is 13.8. The van der Waals surface area contributed by atoms with Crippen molar-refractivity contribution < 1.29 is 14.7 Å². The van der Waals surface area contributed by atoms with Gasteiger partial charge in [0.2, 0.25) is 0 Å². The van der Waals surface area contributed by atoms with Crippen LogP contribution in [-0.2, 0) is 24.4 Å². The van der Waals surface area contributed by atoms with Gasteiger partial charge in [0, 0.05) is 30.7 Å². The van der Waals surface area contributed by atoms with Gasteiger partial charge in [-0.15, -0.1) is 0 Å². The second-order valence-corrected chi connectivity index (χ2v) is 5.86. The quantitative estimate of drug-likeness (QED) is 0.641. The van der Waals surface area contributed by atoms with Crippen LogP contribution < -0.4 is 5.32 Å². The van der Waals surface area contributed by atoms with Gasteiger partial charge < -0.3 is 10.4 Å². The van der Waals surface area contributed by atoms with E-state index >= 15 is 0 Å². The molecule has 0 radical (unpaired) electrons. The van der Waals surface area contributed by atoms with Gasteiger partial charge in [0.25, 0.3) is 5.91 Å². The molecule has 0 unspecified atom stereocenters. The van der Waals surface area contributed by atoms with Crippen molar-refractivity contribution in [2.75, 3.05) is 5.32 Å². The minimum Gasteiger partial charge on any atom is -0.480 e. The summed E-state index contributed by atoms with van der Waals surface area (Å²) in [6, 6.07) is 1.42. The van der Waals surface area contributed by atoms with E-state index < -0.39 is 18.4 Å². The number of carbonyl (C=O) groups excluding carboxylic acids is 1. The molecule has 0 aliphatic carbocycles. The second-order valence-electron chi connectivity index (χ2n) is 5.45. The molecule has 0 aromatic carbocycles. The highest BCUT2D eigenvalue weighted by atomic mass is 35.5. The van der Waals surface area contributed by atoms with Crippen LogP contribution in [0.2, 0.25) is 5.02 Å². The SMILES string of the molecule is CCn1cc(Cn2cc(Cl)c(NC(=O)c3ccnn3CC(=O)O)n2)cn1. The molecule has 0 atom stereocenters. The van der Waals surface area contributed by atoms with Crippen molar-refractivity contribution >= 4 is 29.3 Å². The van der Waals surface area contributed by atoms with Crippen LogP contribution in [0.5, 0.6) is 0 Å². The molecule has 1 amide bonds. The number of aliphatic carboxylic acids is 1. The molecular formula is C15H16ClN7O3. The van der Waals surface area contributed by atoms with Crippen LogP contribution in [0.4, 0.5) is 5.82 Å². The van der Waals surface area contributed by atoms with Crippen molar-refractivity contribution in [1.29, 1.82) is 0 Å². The Bertz CT molecular complexity index is 943. The van der Waals surface area contributed by atoms with Gasteiger partial charge in [-0.05, 0) is 13.0 Å². The third-order valence-electron chi connectivity index (χ3n) is 3.54. The van der Waals surface area contributed by atoms with E-state index in [4.69, 9.17) is 16.7 Å². The van der Waals surface area contributed by atoms with Crippen LogP contribution in [0.25, 0.3) is 0 Å². The highest BCUT2D eigenvalue weighted by molar-refractivity contribution is 6.33. The largest absolute Gasteiger partial charge is 0.480 e. The lowest BCUT2D eigenvalue weighted by atomic mass is 10.4. The maximum Gasteiger partial charge on any atom is 0.325 e. The smallest absolute Gasteiger partial charge is 0.325 e. The fourth-order valence-electron chi connectivity index (χ4n) is 2.36. The highest BCUT2D eigenvalue weighted by Crippen LogP contribution is 2.20. The summed E-state index contributed by atoms with van der Waals surface area (Å²) in [5, 5.41) is 24.0. The average Bonchev–Trinajstić information content (AvgIpc) is 3.29. The molecular weight excluding hydrogens is 362 g/mol. The minimum absolute atomic E-state index is 0.0993. The lowest BCUT2D eigenvalue weighted by Crippen LogP contribution is -2.21. The van der Waals surface area contributed by atoms with Gasteiger partial charge >= 0.3 is 5.97 Å². The van der Waals surface area contributed by atoms with Crippen LogP contribution in [0, 0.1) is 0 Å². The Labute approximate surface area is 153 Å². The zero-order valence-corrected chi connectivity index (χ0v) is 14.6. The van der Waals surface area contributed by atoms with Crippen LogP contribution in [0.15, 0.2) is 30.9 Å². The van der Waals surface area contributed by atoms with Gasteiger partial charge in [0.1, 0.15) is 17.3 Å². The third kappa shape index (κ3) is 3.91. The number of aryl methyl sites for hydroxylation is 1. The Morgan fingerprint density at radius 3 is 2.77 bits per heavy atom. The number of aromatic nitrogens is 6. The second kappa shape index (κ2) is 7.40. The van der Waals surface area contributed by atoms with E-state index in [1.165, 1.54) is 12.3 Å². The van der Waals surface area contributed by atoms with Crippen molar-refractivity contribution in [2.24, 2.45) is 0 Å². The topological polar surface area (TPSA) is 120 Å². The van der Waals surface area contributed by atoms with E-state index in [0.717, 1.165) is 16.8 Å². The van der Waals surface area contributed by atoms with Crippen LogP contribution in [0.3, 0.4) is 0 Å². The van der Waals surface area contributed by atoms with Gasteiger partial charge in [0.15, 0.2) is 5.82 Å². The molecule has 10 nitrogen and oxygen atoms in total. The maximum absolute atomic E-state index is 12.4. The predicted molar refractivity (Wildman–Crippen MR) is 92.1 cm³/mol. The molecule has 0 saturated carbocycles. The van der Waals surface area contributed by atoms with Crippen LogP contribution in [0.1, 0.15) is 23.0 Å². The number of halogens is 1. The highest BCUT2D eigenvalue weighted by Gasteiger charge is 2.17. The Morgan fingerprint density at radius 1 is 1.27 bits per heavy atom. The summed E-state index contributed by atoms with van der Waals surface area (Å²) in [6.45, 7) is 2.79. The summed E-state index contributed by atoms with van der Waals surface area (Å²) in [5.74, 6) is -1.46. The molecule has 0 aliphatic heterocycles. The lowest BCUT2D eigenvalue weighted by Gasteiger charge is -2.05. The van der Waals surface area contributed by atoms with E-state index in [0.29, 0.717) is 6.54 Å². The third-order valence-corrected chi connectivity index (χ3v) is 3.82. The van der Waals surface area contributed by atoms with Crippen molar-refractivity contribution in [2.45, 2.75) is 26.6 Å². The van der Waals surface area contributed by atoms with Gasteiger partial charge in [-0.1, -0.05) is 11.6 Å². The monoisotopic (exact) mass is 377 g/mol. The molecule has 3 aromatic rings. The molecule has 0 fully saturated rings. The molecule has 11 heteroatoms. The number of carboxylic acids is 1. The molecule has 3 rings (SSSR count). The van der Waals surface area contributed by atoms with Crippen molar-refractivity contribution in [3.8, 4) is 0 Å². The number of nitrogens with zero attached hydrogens (tertiary/aromatic N) is 6. The lowest BCUT2D eigenvalue weighted by molar-refractivity contribution is -0.137. The normalized spacial score (nSPS) is 10.8. The fourth-order valence-corrected chi connectivity index (χ4v) is 2.56. The summed E-state index contributed by atoms with van der Waals surface area (Å²) in [6.07, 6.45) is 6.58. The summed E-state index contributed by atoms with van der Waals surface area (Å²) in [4.78, 5) is 23.2. The number of carbonyl (C=O) groups is 2. The summed E-state index contributed by atoms with van der Waals surface area (Å²) >= 11 is 6.14. The Hall–Kier alpha value is -3.14. The van der Waals surface area contributed by atoms with Gasteiger partial charge in [0.05, 0.1) is 12.7 Å². The summed E-state index contributed by atoms with van der Waals surface area (Å²) < 4.78 is 4.47. The first kappa shape index (κ1) is 17.7. The number of anilines is 1. The van der Waals surface area contributed by atoms with Crippen molar-refractivity contribution in [1.82, 2.24) is 29.3 Å². The van der Waals surface area contributed by atoms with E-state index in [9.17, 15) is 9.59 Å². The molecule has 0 bridgehead atoms. The molecule has 0 spiro atoms.